The standard InChI is InChI=1S/C16H12F3N3O2/c1-2-24-15(23)13-12-4-3-9-20-14(12)22(21-13)11-7-5-10(6-8-11)16(17,18)19/h3-9H,2H2,1H3. The van der Waals surface area contributed by atoms with Gasteiger partial charge in [0.1, 0.15) is 0 Å². The molecule has 2 aromatic heterocycles. The SMILES string of the molecule is CCOC(=O)c1nn(-c2ccc(C(F)(F)F)cc2)c2ncccc12. The summed E-state index contributed by atoms with van der Waals surface area (Å²) in [5.41, 5.74) is 0.0312. The molecule has 124 valence electrons. The first-order valence-electron chi connectivity index (χ1n) is 7.10. The quantitative estimate of drug-likeness (QED) is 0.686. The van der Waals surface area contributed by atoms with Gasteiger partial charge in [0.2, 0.25) is 0 Å². The zero-order valence-electron chi connectivity index (χ0n) is 12.5. The van der Waals surface area contributed by atoms with Crippen LogP contribution in [0.15, 0.2) is 42.6 Å². The van der Waals surface area contributed by atoms with Gasteiger partial charge in [-0.1, -0.05) is 0 Å². The molecule has 8 heteroatoms. The number of carbonyl (C=O) groups is 1. The van der Waals surface area contributed by atoms with E-state index in [0.717, 1.165) is 12.1 Å². The van der Waals surface area contributed by atoms with Crippen molar-refractivity contribution in [2.45, 2.75) is 13.1 Å². The van der Waals surface area contributed by atoms with Crippen LogP contribution in [0.3, 0.4) is 0 Å². The molecular weight excluding hydrogens is 323 g/mol. The number of halogens is 3. The predicted molar refractivity (Wildman–Crippen MR) is 79.8 cm³/mol. The Morgan fingerprint density at radius 1 is 1.21 bits per heavy atom. The van der Waals surface area contributed by atoms with E-state index in [1.54, 1.807) is 19.1 Å². The molecule has 5 nitrogen and oxygen atoms in total. The molecule has 1 aromatic carbocycles. The Balaban J connectivity index is 2.11. The van der Waals surface area contributed by atoms with Crippen LogP contribution >= 0.6 is 0 Å². The van der Waals surface area contributed by atoms with E-state index in [9.17, 15) is 18.0 Å². The molecule has 0 unspecified atom stereocenters. The fourth-order valence-corrected chi connectivity index (χ4v) is 2.27. The summed E-state index contributed by atoms with van der Waals surface area (Å²) in [6.45, 7) is 1.86. The minimum Gasteiger partial charge on any atom is -0.461 e. The molecule has 2 heterocycles. The summed E-state index contributed by atoms with van der Waals surface area (Å²) in [7, 11) is 0. The highest BCUT2D eigenvalue weighted by molar-refractivity contribution is 6.01. The van der Waals surface area contributed by atoms with Gasteiger partial charge in [0, 0.05) is 6.20 Å². The van der Waals surface area contributed by atoms with Crippen molar-refractivity contribution >= 4 is 17.0 Å². The van der Waals surface area contributed by atoms with E-state index >= 15 is 0 Å². The number of pyridine rings is 1. The number of rotatable bonds is 3. The third-order valence-electron chi connectivity index (χ3n) is 3.35. The summed E-state index contributed by atoms with van der Waals surface area (Å²) in [5.74, 6) is -0.610. The summed E-state index contributed by atoms with van der Waals surface area (Å²) in [4.78, 5) is 16.2. The van der Waals surface area contributed by atoms with E-state index in [4.69, 9.17) is 4.74 Å². The molecule has 0 N–H and O–H groups in total. The number of ether oxygens (including phenoxy) is 1. The van der Waals surface area contributed by atoms with Gasteiger partial charge in [-0.15, -0.1) is 0 Å². The zero-order chi connectivity index (χ0) is 17.3. The molecule has 0 spiro atoms. The van der Waals surface area contributed by atoms with Crippen molar-refractivity contribution in [3.8, 4) is 5.69 Å². The van der Waals surface area contributed by atoms with Crippen LogP contribution in [0.2, 0.25) is 0 Å². The second-order valence-electron chi connectivity index (χ2n) is 4.90. The largest absolute Gasteiger partial charge is 0.461 e. The number of nitrogens with zero attached hydrogens (tertiary/aromatic N) is 3. The van der Waals surface area contributed by atoms with Crippen molar-refractivity contribution < 1.29 is 22.7 Å². The Morgan fingerprint density at radius 3 is 2.54 bits per heavy atom. The Morgan fingerprint density at radius 2 is 1.92 bits per heavy atom. The van der Waals surface area contributed by atoms with Crippen LogP contribution in [-0.4, -0.2) is 27.3 Å². The van der Waals surface area contributed by atoms with Crippen molar-refractivity contribution in [1.82, 2.24) is 14.8 Å². The van der Waals surface area contributed by atoms with Crippen LogP contribution in [0.5, 0.6) is 0 Å². The Labute approximate surface area is 134 Å². The fourth-order valence-electron chi connectivity index (χ4n) is 2.27. The molecule has 0 bridgehead atoms. The van der Waals surface area contributed by atoms with Crippen LogP contribution in [0.25, 0.3) is 16.7 Å². The number of benzene rings is 1. The molecule has 0 saturated carbocycles. The van der Waals surface area contributed by atoms with E-state index in [2.05, 4.69) is 10.1 Å². The lowest BCUT2D eigenvalue weighted by Gasteiger charge is -2.08. The highest BCUT2D eigenvalue weighted by Crippen LogP contribution is 2.30. The average Bonchev–Trinajstić information content (AvgIpc) is 2.94. The average molecular weight is 335 g/mol. The molecule has 0 aliphatic heterocycles. The van der Waals surface area contributed by atoms with Crippen molar-refractivity contribution in [1.29, 1.82) is 0 Å². The van der Waals surface area contributed by atoms with Gasteiger partial charge in [-0.2, -0.15) is 18.3 Å². The fraction of sp³-hybridized carbons (Fsp3) is 0.188. The zero-order valence-corrected chi connectivity index (χ0v) is 12.5. The lowest BCUT2D eigenvalue weighted by molar-refractivity contribution is -0.137. The third-order valence-corrected chi connectivity index (χ3v) is 3.35. The Hall–Kier alpha value is -2.90. The first-order valence-corrected chi connectivity index (χ1v) is 7.10. The smallest absolute Gasteiger partial charge is 0.416 e. The minimum absolute atomic E-state index is 0.0693. The first-order chi connectivity index (χ1) is 11.4. The number of fused-ring (bicyclic) bond motifs is 1. The highest BCUT2D eigenvalue weighted by Gasteiger charge is 2.30. The Bertz CT molecular complexity index is 886. The second kappa shape index (κ2) is 5.95. The Kier molecular flexibility index (Phi) is 3.96. The topological polar surface area (TPSA) is 57.0 Å². The molecule has 24 heavy (non-hydrogen) atoms. The van der Waals surface area contributed by atoms with Gasteiger partial charge in [0.25, 0.3) is 0 Å². The maximum absolute atomic E-state index is 12.7. The lowest BCUT2D eigenvalue weighted by atomic mass is 10.2. The van der Waals surface area contributed by atoms with Crippen molar-refractivity contribution in [3.05, 3.63) is 53.9 Å². The monoisotopic (exact) mass is 335 g/mol. The van der Waals surface area contributed by atoms with Crippen LogP contribution < -0.4 is 0 Å². The lowest BCUT2D eigenvalue weighted by Crippen LogP contribution is -2.07. The molecule has 3 aromatic rings. The third kappa shape index (κ3) is 2.82. The van der Waals surface area contributed by atoms with Crippen LogP contribution in [0, 0.1) is 0 Å². The van der Waals surface area contributed by atoms with Crippen molar-refractivity contribution in [2.75, 3.05) is 6.61 Å². The second-order valence-corrected chi connectivity index (χ2v) is 4.90. The molecule has 0 atom stereocenters. The predicted octanol–water partition coefficient (Wildman–Crippen LogP) is 3.62. The number of esters is 1. The number of aromatic nitrogens is 3. The van der Waals surface area contributed by atoms with Crippen LogP contribution in [-0.2, 0) is 10.9 Å². The molecule has 0 fully saturated rings. The molecule has 0 amide bonds. The van der Waals surface area contributed by atoms with Gasteiger partial charge >= 0.3 is 12.1 Å². The van der Waals surface area contributed by atoms with Gasteiger partial charge in [0.15, 0.2) is 11.3 Å². The van der Waals surface area contributed by atoms with Crippen LogP contribution in [0.1, 0.15) is 23.0 Å². The van der Waals surface area contributed by atoms with Gasteiger partial charge in [-0.05, 0) is 43.3 Å². The van der Waals surface area contributed by atoms with Gasteiger partial charge in [-0.3, -0.25) is 0 Å². The summed E-state index contributed by atoms with van der Waals surface area (Å²) in [6.07, 6.45) is -2.90. The maximum Gasteiger partial charge on any atom is 0.416 e. The molecule has 0 aliphatic rings. The van der Waals surface area contributed by atoms with Gasteiger partial charge in [-0.25, -0.2) is 14.5 Å². The van der Waals surface area contributed by atoms with E-state index in [0.29, 0.717) is 16.7 Å². The molecule has 3 rings (SSSR count). The van der Waals surface area contributed by atoms with Crippen molar-refractivity contribution in [3.63, 3.8) is 0 Å². The van der Waals surface area contributed by atoms with E-state index < -0.39 is 17.7 Å². The highest BCUT2D eigenvalue weighted by atomic mass is 19.4. The number of alkyl halides is 3. The van der Waals surface area contributed by atoms with Crippen molar-refractivity contribution in [2.24, 2.45) is 0 Å². The van der Waals surface area contributed by atoms with E-state index in [1.165, 1.54) is 23.0 Å². The summed E-state index contributed by atoms with van der Waals surface area (Å²) in [6, 6.07) is 7.76. The summed E-state index contributed by atoms with van der Waals surface area (Å²) in [5, 5.41) is 4.64. The molecule has 0 aliphatic carbocycles. The minimum atomic E-state index is -4.42. The van der Waals surface area contributed by atoms with Crippen LogP contribution in [0.4, 0.5) is 13.2 Å². The van der Waals surface area contributed by atoms with Gasteiger partial charge in [0.05, 0.1) is 23.2 Å². The van der Waals surface area contributed by atoms with E-state index in [1.807, 2.05) is 0 Å². The number of carbonyl (C=O) groups excluding carboxylic acids is 1. The first kappa shape index (κ1) is 16.0. The summed E-state index contributed by atoms with van der Waals surface area (Å²) >= 11 is 0. The van der Waals surface area contributed by atoms with E-state index in [-0.39, 0.29) is 12.3 Å². The summed E-state index contributed by atoms with van der Waals surface area (Å²) < 4.78 is 44.3. The molecule has 0 saturated heterocycles. The molecular formula is C16H12F3N3O2. The number of hydrogen-bond donors (Lipinski definition) is 0. The van der Waals surface area contributed by atoms with Gasteiger partial charge < -0.3 is 4.74 Å². The maximum atomic E-state index is 12.7. The molecule has 0 radical (unpaired) electrons. The normalized spacial score (nSPS) is 11.7. The number of hydrogen-bond acceptors (Lipinski definition) is 4.